The fourth-order valence-electron chi connectivity index (χ4n) is 3.58. The molecular weight excluding hydrogens is 270 g/mol. The summed E-state index contributed by atoms with van der Waals surface area (Å²) in [5.41, 5.74) is 5.93. The Morgan fingerprint density at radius 3 is 2.15 bits per heavy atom. The van der Waals surface area contributed by atoms with Crippen LogP contribution in [-0.2, 0) is 4.79 Å². The average molecular weight is 299 g/mol. The smallest absolute Gasteiger partial charge is 0.240 e. The molecule has 4 nitrogen and oxygen atoms in total. The number of nitrogens with zero attached hydrogens (tertiary/aromatic N) is 2. The van der Waals surface area contributed by atoms with Gasteiger partial charge in [0.05, 0.1) is 6.04 Å². The highest BCUT2D eigenvalue weighted by molar-refractivity contribution is 7.98. The van der Waals surface area contributed by atoms with E-state index in [2.05, 4.69) is 11.9 Å². The first-order chi connectivity index (χ1) is 9.61. The SMILES string of the molecule is CSC[C@@H](N)C(=O)N1CCC(C2CCN(C)CC2)CC1. The molecule has 2 saturated heterocycles. The number of nitrogens with two attached hydrogens (primary N) is 1. The van der Waals surface area contributed by atoms with Crippen LogP contribution in [-0.4, -0.2) is 67.0 Å². The van der Waals surface area contributed by atoms with Gasteiger partial charge in [-0.25, -0.2) is 0 Å². The highest BCUT2D eigenvalue weighted by Crippen LogP contribution is 2.32. The predicted octanol–water partition coefficient (Wildman–Crippen LogP) is 1.26. The monoisotopic (exact) mass is 299 g/mol. The molecule has 0 aliphatic carbocycles. The van der Waals surface area contributed by atoms with Crippen LogP contribution >= 0.6 is 11.8 Å². The summed E-state index contributed by atoms with van der Waals surface area (Å²) >= 11 is 1.65. The van der Waals surface area contributed by atoms with Crippen LogP contribution in [0.4, 0.5) is 0 Å². The van der Waals surface area contributed by atoms with E-state index in [4.69, 9.17) is 5.73 Å². The van der Waals surface area contributed by atoms with Crippen LogP contribution < -0.4 is 5.73 Å². The zero-order valence-corrected chi connectivity index (χ0v) is 13.7. The number of hydrogen-bond donors (Lipinski definition) is 1. The molecule has 1 atom stereocenters. The molecule has 5 heteroatoms. The van der Waals surface area contributed by atoms with Crippen molar-refractivity contribution in [3.05, 3.63) is 0 Å². The molecule has 0 unspecified atom stereocenters. The lowest BCUT2D eigenvalue weighted by Crippen LogP contribution is -2.49. The topological polar surface area (TPSA) is 49.6 Å². The minimum absolute atomic E-state index is 0.154. The second kappa shape index (κ2) is 7.66. The maximum absolute atomic E-state index is 12.2. The van der Waals surface area contributed by atoms with Crippen molar-refractivity contribution in [1.82, 2.24) is 9.80 Å². The second-order valence-corrected chi connectivity index (χ2v) is 7.28. The molecule has 0 aromatic heterocycles. The van der Waals surface area contributed by atoms with E-state index in [0.29, 0.717) is 0 Å². The number of piperidine rings is 2. The third kappa shape index (κ3) is 4.12. The van der Waals surface area contributed by atoms with Crippen molar-refractivity contribution in [2.24, 2.45) is 17.6 Å². The van der Waals surface area contributed by atoms with Gasteiger partial charge in [-0.3, -0.25) is 4.79 Å². The Morgan fingerprint density at radius 2 is 1.65 bits per heavy atom. The Bertz CT molecular complexity index is 310. The molecule has 2 N–H and O–H groups in total. The van der Waals surface area contributed by atoms with Gasteiger partial charge < -0.3 is 15.5 Å². The fraction of sp³-hybridized carbons (Fsp3) is 0.933. The highest BCUT2D eigenvalue weighted by Gasteiger charge is 2.31. The molecule has 2 rings (SSSR count). The molecule has 0 saturated carbocycles. The molecule has 2 aliphatic heterocycles. The van der Waals surface area contributed by atoms with Crippen molar-refractivity contribution in [2.45, 2.75) is 31.7 Å². The largest absolute Gasteiger partial charge is 0.341 e. The summed E-state index contributed by atoms with van der Waals surface area (Å²) in [7, 11) is 2.21. The van der Waals surface area contributed by atoms with Crippen molar-refractivity contribution in [3.8, 4) is 0 Å². The number of carbonyl (C=O) groups is 1. The first-order valence-corrected chi connectivity index (χ1v) is 9.23. The molecule has 2 fully saturated rings. The Labute approximate surface area is 127 Å². The van der Waals surface area contributed by atoms with E-state index in [-0.39, 0.29) is 11.9 Å². The molecule has 0 spiro atoms. The van der Waals surface area contributed by atoms with Crippen molar-refractivity contribution in [3.63, 3.8) is 0 Å². The molecule has 0 aromatic rings. The lowest BCUT2D eigenvalue weighted by molar-refractivity contribution is -0.133. The van der Waals surface area contributed by atoms with Gasteiger partial charge in [-0.05, 0) is 63.9 Å². The number of rotatable bonds is 4. The van der Waals surface area contributed by atoms with Crippen LogP contribution in [0.2, 0.25) is 0 Å². The zero-order valence-electron chi connectivity index (χ0n) is 12.9. The van der Waals surface area contributed by atoms with E-state index < -0.39 is 0 Å². The molecule has 2 heterocycles. The third-order valence-corrected chi connectivity index (χ3v) is 5.64. The Hall–Kier alpha value is -0.260. The molecule has 2 aliphatic rings. The van der Waals surface area contributed by atoms with Crippen LogP contribution in [0.25, 0.3) is 0 Å². The Morgan fingerprint density at radius 1 is 1.15 bits per heavy atom. The van der Waals surface area contributed by atoms with Gasteiger partial charge in [0.25, 0.3) is 0 Å². The maximum atomic E-state index is 12.2. The van der Waals surface area contributed by atoms with Gasteiger partial charge in [0, 0.05) is 18.8 Å². The number of amides is 1. The standard InChI is InChI=1S/C15H29N3OS/c1-17-7-3-12(4-8-17)13-5-9-18(10-6-13)15(19)14(16)11-20-2/h12-14H,3-11,16H2,1-2H3/t14-/m1/s1. The van der Waals surface area contributed by atoms with Gasteiger partial charge >= 0.3 is 0 Å². The molecule has 1 amide bonds. The van der Waals surface area contributed by atoms with E-state index in [9.17, 15) is 4.79 Å². The highest BCUT2D eigenvalue weighted by atomic mass is 32.2. The summed E-state index contributed by atoms with van der Waals surface area (Å²) < 4.78 is 0. The molecular formula is C15H29N3OS. The average Bonchev–Trinajstić information content (AvgIpc) is 2.48. The van der Waals surface area contributed by atoms with E-state index in [1.165, 1.54) is 38.8 Å². The first-order valence-electron chi connectivity index (χ1n) is 7.83. The molecule has 0 bridgehead atoms. The number of thioether (sulfide) groups is 1. The van der Waals surface area contributed by atoms with Crippen LogP contribution in [0.3, 0.4) is 0 Å². The molecule has 116 valence electrons. The van der Waals surface area contributed by atoms with E-state index in [1.807, 2.05) is 11.2 Å². The minimum atomic E-state index is -0.315. The number of likely N-dealkylation sites (tertiary alicyclic amines) is 2. The molecule has 0 aromatic carbocycles. The van der Waals surface area contributed by atoms with Gasteiger partial charge in [-0.1, -0.05) is 0 Å². The zero-order chi connectivity index (χ0) is 14.5. The van der Waals surface area contributed by atoms with Crippen LogP contribution in [0, 0.1) is 11.8 Å². The summed E-state index contributed by atoms with van der Waals surface area (Å²) in [4.78, 5) is 16.6. The Balaban J connectivity index is 1.76. The van der Waals surface area contributed by atoms with Crippen molar-refractivity contribution >= 4 is 17.7 Å². The van der Waals surface area contributed by atoms with E-state index in [1.54, 1.807) is 11.8 Å². The molecule has 20 heavy (non-hydrogen) atoms. The number of hydrogen-bond acceptors (Lipinski definition) is 4. The van der Waals surface area contributed by atoms with Crippen LogP contribution in [0.1, 0.15) is 25.7 Å². The molecule has 0 radical (unpaired) electrons. The quantitative estimate of drug-likeness (QED) is 0.849. The number of carbonyl (C=O) groups excluding carboxylic acids is 1. The minimum Gasteiger partial charge on any atom is -0.341 e. The van der Waals surface area contributed by atoms with Gasteiger partial charge in [-0.15, -0.1) is 0 Å². The summed E-state index contributed by atoms with van der Waals surface area (Å²) in [6, 6.07) is -0.315. The Kier molecular flexibility index (Phi) is 6.18. The summed E-state index contributed by atoms with van der Waals surface area (Å²) in [5, 5.41) is 0. The van der Waals surface area contributed by atoms with Crippen molar-refractivity contribution in [2.75, 3.05) is 45.2 Å². The fourth-order valence-corrected chi connectivity index (χ4v) is 4.08. The lowest BCUT2D eigenvalue weighted by Gasteiger charge is -2.40. The summed E-state index contributed by atoms with van der Waals surface area (Å²) in [6.07, 6.45) is 7.01. The first kappa shape index (κ1) is 16.1. The van der Waals surface area contributed by atoms with E-state index in [0.717, 1.165) is 30.7 Å². The second-order valence-electron chi connectivity index (χ2n) is 6.37. The van der Waals surface area contributed by atoms with Crippen molar-refractivity contribution < 1.29 is 4.79 Å². The maximum Gasteiger partial charge on any atom is 0.240 e. The van der Waals surface area contributed by atoms with Gasteiger partial charge in [0.1, 0.15) is 0 Å². The van der Waals surface area contributed by atoms with Gasteiger partial charge in [0.2, 0.25) is 5.91 Å². The summed E-state index contributed by atoms with van der Waals surface area (Å²) in [5.74, 6) is 2.59. The summed E-state index contributed by atoms with van der Waals surface area (Å²) in [6.45, 7) is 4.31. The normalized spacial score (nSPS) is 24.9. The predicted molar refractivity (Wildman–Crippen MR) is 85.9 cm³/mol. The van der Waals surface area contributed by atoms with Gasteiger partial charge in [-0.2, -0.15) is 11.8 Å². The van der Waals surface area contributed by atoms with Crippen LogP contribution in [0.5, 0.6) is 0 Å². The van der Waals surface area contributed by atoms with E-state index >= 15 is 0 Å². The lowest BCUT2D eigenvalue weighted by atomic mass is 9.79. The third-order valence-electron chi connectivity index (χ3n) is 4.94. The van der Waals surface area contributed by atoms with Gasteiger partial charge in [0.15, 0.2) is 0 Å². The van der Waals surface area contributed by atoms with Crippen LogP contribution in [0.15, 0.2) is 0 Å². The van der Waals surface area contributed by atoms with Crippen molar-refractivity contribution in [1.29, 1.82) is 0 Å².